The average Bonchev–Trinajstić information content (AvgIpc) is 2.08. The summed E-state index contributed by atoms with van der Waals surface area (Å²) in [7, 11) is 0. The molecule has 70 valence electrons. The monoisotopic (exact) mass is 202 g/mol. The van der Waals surface area contributed by atoms with Crippen molar-refractivity contribution in [2.24, 2.45) is 0 Å². The highest BCUT2D eigenvalue weighted by Crippen LogP contribution is 2.26. The summed E-state index contributed by atoms with van der Waals surface area (Å²) in [6.45, 7) is 0. The van der Waals surface area contributed by atoms with Gasteiger partial charge in [0.25, 0.3) is 0 Å². The number of phenols is 1. The molecule has 1 atom stereocenters. The predicted molar refractivity (Wildman–Crippen MR) is 45.7 cm³/mol. The molecule has 13 heavy (non-hydrogen) atoms. The van der Waals surface area contributed by atoms with Crippen molar-refractivity contribution in [1.82, 2.24) is 0 Å². The summed E-state index contributed by atoms with van der Waals surface area (Å²) in [5.41, 5.74) is 0.135. The highest BCUT2D eigenvalue weighted by atomic mass is 35.5. The molecule has 0 aliphatic heterocycles. The Kier molecular flexibility index (Phi) is 2.75. The summed E-state index contributed by atoms with van der Waals surface area (Å²) < 4.78 is 0. The fourth-order valence-electron chi connectivity index (χ4n) is 0.836. The predicted octanol–water partition coefficient (Wildman–Crippen LogP) is 1.16. The third-order valence-electron chi connectivity index (χ3n) is 1.52. The van der Waals surface area contributed by atoms with Gasteiger partial charge >= 0.3 is 5.97 Å². The quantitative estimate of drug-likeness (QED) is 0.673. The van der Waals surface area contributed by atoms with E-state index in [1.54, 1.807) is 0 Å². The maximum Gasteiger partial charge on any atom is 0.337 e. The van der Waals surface area contributed by atoms with Crippen molar-refractivity contribution in [3.05, 3.63) is 28.8 Å². The second-order valence-corrected chi connectivity index (χ2v) is 2.86. The molecule has 0 fully saturated rings. The molecule has 1 aromatic carbocycles. The highest BCUT2D eigenvalue weighted by molar-refractivity contribution is 6.32. The largest absolute Gasteiger partial charge is 0.506 e. The molecule has 0 aromatic heterocycles. The summed E-state index contributed by atoms with van der Waals surface area (Å²) in [4.78, 5) is 10.3. The molecule has 0 bridgehead atoms. The Morgan fingerprint density at radius 1 is 1.46 bits per heavy atom. The zero-order chi connectivity index (χ0) is 10.0. The van der Waals surface area contributed by atoms with Crippen molar-refractivity contribution in [1.29, 1.82) is 0 Å². The minimum absolute atomic E-state index is 0.0119. The SMILES string of the molecule is O=C(O)[C@H](O)c1ccc(O)c(Cl)c1. The van der Waals surface area contributed by atoms with Crippen molar-refractivity contribution in [3.8, 4) is 5.75 Å². The summed E-state index contributed by atoms with van der Waals surface area (Å²) >= 11 is 5.51. The number of aliphatic hydroxyl groups is 1. The van der Waals surface area contributed by atoms with E-state index in [-0.39, 0.29) is 16.3 Å². The molecule has 0 saturated heterocycles. The molecule has 0 amide bonds. The summed E-state index contributed by atoms with van der Waals surface area (Å²) in [6, 6.07) is 3.72. The summed E-state index contributed by atoms with van der Waals surface area (Å²) in [5.74, 6) is -1.51. The maximum atomic E-state index is 10.3. The van der Waals surface area contributed by atoms with Crippen molar-refractivity contribution in [2.75, 3.05) is 0 Å². The van der Waals surface area contributed by atoms with Gasteiger partial charge in [-0.25, -0.2) is 4.79 Å². The molecule has 4 nitrogen and oxygen atoms in total. The molecule has 0 radical (unpaired) electrons. The van der Waals surface area contributed by atoms with Crippen LogP contribution in [0.25, 0.3) is 0 Å². The van der Waals surface area contributed by atoms with Crippen LogP contribution in [0.2, 0.25) is 5.02 Å². The Bertz CT molecular complexity index is 337. The third-order valence-corrected chi connectivity index (χ3v) is 1.82. The van der Waals surface area contributed by atoms with Crippen molar-refractivity contribution < 1.29 is 20.1 Å². The zero-order valence-corrected chi connectivity index (χ0v) is 7.19. The number of carboxylic acids is 1. The smallest absolute Gasteiger partial charge is 0.337 e. The molecule has 5 heteroatoms. The van der Waals surface area contributed by atoms with Crippen LogP contribution in [0.15, 0.2) is 18.2 Å². The minimum Gasteiger partial charge on any atom is -0.506 e. The second-order valence-electron chi connectivity index (χ2n) is 2.45. The van der Waals surface area contributed by atoms with Gasteiger partial charge in [0, 0.05) is 0 Å². The van der Waals surface area contributed by atoms with Gasteiger partial charge in [-0.3, -0.25) is 0 Å². The van der Waals surface area contributed by atoms with Gasteiger partial charge in [0.05, 0.1) is 5.02 Å². The number of phenolic OH excluding ortho intramolecular Hbond substituents is 1. The van der Waals surface area contributed by atoms with Gasteiger partial charge in [0.1, 0.15) is 5.75 Å². The van der Waals surface area contributed by atoms with Gasteiger partial charge in [-0.1, -0.05) is 17.7 Å². The molecular formula is C8H7ClO4. The molecule has 3 N–H and O–H groups in total. The summed E-state index contributed by atoms with van der Waals surface area (Å²) in [5, 5.41) is 26.5. The third kappa shape index (κ3) is 2.11. The normalized spacial score (nSPS) is 12.5. The number of benzene rings is 1. The van der Waals surface area contributed by atoms with Crippen molar-refractivity contribution in [3.63, 3.8) is 0 Å². The number of hydrogen-bond donors (Lipinski definition) is 3. The van der Waals surface area contributed by atoms with Gasteiger partial charge in [-0.05, 0) is 17.7 Å². The number of aromatic hydroxyl groups is 1. The standard InChI is InChI=1S/C8H7ClO4/c9-5-3-4(1-2-6(5)10)7(11)8(12)13/h1-3,7,10-11H,(H,12,13)/t7-/m1/s1. The van der Waals surface area contributed by atoms with Crippen molar-refractivity contribution >= 4 is 17.6 Å². The van der Waals surface area contributed by atoms with Crippen LogP contribution >= 0.6 is 11.6 Å². The van der Waals surface area contributed by atoms with Gasteiger partial charge < -0.3 is 15.3 Å². The molecule has 0 unspecified atom stereocenters. The number of carboxylic acid groups (broad SMARTS) is 1. The first-order chi connectivity index (χ1) is 6.02. The van der Waals surface area contributed by atoms with E-state index in [9.17, 15) is 4.79 Å². The average molecular weight is 203 g/mol. The van der Waals surface area contributed by atoms with E-state index in [1.165, 1.54) is 18.2 Å². The Balaban J connectivity index is 3.03. The topological polar surface area (TPSA) is 77.8 Å². The van der Waals surface area contributed by atoms with Crippen LogP contribution in [0.3, 0.4) is 0 Å². The van der Waals surface area contributed by atoms with E-state index in [1.807, 2.05) is 0 Å². The molecular weight excluding hydrogens is 196 g/mol. The molecule has 0 aliphatic rings. The van der Waals surface area contributed by atoms with E-state index >= 15 is 0 Å². The van der Waals surface area contributed by atoms with E-state index in [0.29, 0.717) is 0 Å². The highest BCUT2D eigenvalue weighted by Gasteiger charge is 2.16. The number of carbonyl (C=O) groups is 1. The van der Waals surface area contributed by atoms with E-state index < -0.39 is 12.1 Å². The molecule has 1 aromatic rings. The lowest BCUT2D eigenvalue weighted by atomic mass is 10.1. The minimum atomic E-state index is -1.61. The van der Waals surface area contributed by atoms with Gasteiger partial charge in [0.2, 0.25) is 0 Å². The molecule has 0 spiro atoms. The van der Waals surface area contributed by atoms with Crippen molar-refractivity contribution in [2.45, 2.75) is 6.10 Å². The Morgan fingerprint density at radius 2 is 2.08 bits per heavy atom. The Morgan fingerprint density at radius 3 is 2.54 bits per heavy atom. The maximum absolute atomic E-state index is 10.3. The van der Waals surface area contributed by atoms with E-state index in [0.717, 1.165) is 0 Å². The molecule has 0 aliphatic carbocycles. The zero-order valence-electron chi connectivity index (χ0n) is 6.44. The van der Waals surface area contributed by atoms with Gasteiger partial charge in [-0.2, -0.15) is 0 Å². The van der Waals surface area contributed by atoms with Crippen LogP contribution in [0.1, 0.15) is 11.7 Å². The Hall–Kier alpha value is -1.26. The first kappa shape index (κ1) is 9.83. The summed E-state index contributed by atoms with van der Waals surface area (Å²) in [6.07, 6.45) is -1.61. The number of halogens is 1. The fourth-order valence-corrected chi connectivity index (χ4v) is 1.02. The molecule has 0 heterocycles. The van der Waals surface area contributed by atoms with Gasteiger partial charge in [0.15, 0.2) is 6.10 Å². The lowest BCUT2D eigenvalue weighted by Gasteiger charge is -2.06. The van der Waals surface area contributed by atoms with Gasteiger partial charge in [-0.15, -0.1) is 0 Å². The van der Waals surface area contributed by atoms with Crippen LogP contribution in [0.4, 0.5) is 0 Å². The second kappa shape index (κ2) is 3.64. The number of rotatable bonds is 2. The first-order valence-corrected chi connectivity index (χ1v) is 3.79. The lowest BCUT2D eigenvalue weighted by Crippen LogP contribution is -2.10. The van der Waals surface area contributed by atoms with Crippen LogP contribution in [0, 0.1) is 0 Å². The first-order valence-electron chi connectivity index (χ1n) is 3.41. The number of aliphatic carboxylic acids is 1. The number of aliphatic hydroxyl groups excluding tert-OH is 1. The van der Waals surface area contributed by atoms with Crippen LogP contribution in [0.5, 0.6) is 5.75 Å². The van der Waals surface area contributed by atoms with Crippen LogP contribution in [-0.2, 0) is 4.79 Å². The van der Waals surface area contributed by atoms with E-state index in [2.05, 4.69) is 0 Å². The van der Waals surface area contributed by atoms with Crippen LogP contribution < -0.4 is 0 Å². The molecule has 0 saturated carbocycles. The Labute approximate surface area is 79.0 Å². The lowest BCUT2D eigenvalue weighted by molar-refractivity contribution is -0.146. The number of hydrogen-bond acceptors (Lipinski definition) is 3. The van der Waals surface area contributed by atoms with Crippen LogP contribution in [-0.4, -0.2) is 21.3 Å². The van der Waals surface area contributed by atoms with E-state index in [4.69, 9.17) is 26.9 Å². The fraction of sp³-hybridized carbons (Fsp3) is 0.125. The molecule has 1 rings (SSSR count).